The van der Waals surface area contributed by atoms with Crippen LogP contribution in [0, 0.1) is 6.92 Å². The lowest BCUT2D eigenvalue weighted by atomic mass is 10.2. The monoisotopic (exact) mass is 318 g/mol. The molecule has 19 heavy (non-hydrogen) atoms. The Balaban J connectivity index is 3.43. The Morgan fingerprint density at radius 1 is 1.11 bits per heavy atom. The van der Waals surface area contributed by atoms with Crippen molar-refractivity contribution < 1.29 is 30.0 Å². The molecule has 0 atom stereocenters. The van der Waals surface area contributed by atoms with Crippen LogP contribution in [0.4, 0.5) is 13.2 Å². The lowest BCUT2D eigenvalue weighted by molar-refractivity contribution is -0.0469. The molecule has 0 saturated heterocycles. The molecule has 0 aliphatic carbocycles. The van der Waals surface area contributed by atoms with Gasteiger partial charge in [-0.15, -0.1) is 0 Å². The maximum atomic E-state index is 12.3. The molecule has 108 valence electrons. The highest BCUT2D eigenvalue weighted by Gasteiger charge is 2.53. The maximum absolute atomic E-state index is 12.3. The van der Waals surface area contributed by atoms with Crippen LogP contribution in [0.5, 0.6) is 0 Å². The number of sulfonamides is 2. The van der Waals surface area contributed by atoms with Gasteiger partial charge in [0.25, 0.3) is 10.0 Å². The minimum atomic E-state index is -6.18. The smallest absolute Gasteiger partial charge is 0.240 e. The quantitative estimate of drug-likeness (QED) is 0.654. The molecule has 1 aromatic carbocycles. The summed E-state index contributed by atoms with van der Waals surface area (Å²) in [6.07, 6.45) is 0. The number of hydrogen-bond acceptors (Lipinski definition) is 5. The van der Waals surface area contributed by atoms with Crippen molar-refractivity contribution in [1.82, 2.24) is 3.82 Å². The van der Waals surface area contributed by atoms with Crippen LogP contribution >= 0.6 is 0 Å². The molecule has 0 amide bonds. The first kappa shape index (κ1) is 15.9. The van der Waals surface area contributed by atoms with E-state index in [0.717, 1.165) is 6.07 Å². The van der Waals surface area contributed by atoms with E-state index in [4.69, 9.17) is 0 Å². The van der Waals surface area contributed by atoms with E-state index in [-0.39, 0.29) is 5.56 Å². The Bertz CT molecular complexity index is 682. The van der Waals surface area contributed by atoms with Gasteiger partial charge in [-0.05, 0) is 22.4 Å². The number of halogens is 3. The Morgan fingerprint density at radius 3 is 2.00 bits per heavy atom. The Hall–Kier alpha value is -1.17. The van der Waals surface area contributed by atoms with E-state index in [1.807, 2.05) is 0 Å². The summed E-state index contributed by atoms with van der Waals surface area (Å²) in [5.74, 6) is 4.65. The highest BCUT2D eigenvalue weighted by atomic mass is 32.3. The van der Waals surface area contributed by atoms with Gasteiger partial charge in [-0.3, -0.25) is 0 Å². The number of benzene rings is 1. The van der Waals surface area contributed by atoms with Crippen LogP contribution in [-0.4, -0.2) is 26.2 Å². The fourth-order valence-corrected chi connectivity index (χ4v) is 3.83. The first-order valence-electron chi connectivity index (χ1n) is 4.59. The van der Waals surface area contributed by atoms with Crippen molar-refractivity contribution in [2.24, 2.45) is 5.84 Å². The fourth-order valence-electron chi connectivity index (χ4n) is 1.17. The summed E-state index contributed by atoms with van der Waals surface area (Å²) in [6.45, 7) is 1.29. The summed E-state index contributed by atoms with van der Waals surface area (Å²) in [7, 11) is -11.2. The minimum absolute atomic E-state index is 0.0651. The van der Waals surface area contributed by atoms with E-state index in [2.05, 4.69) is 5.84 Å². The molecule has 0 fully saturated rings. The van der Waals surface area contributed by atoms with Crippen molar-refractivity contribution in [1.29, 1.82) is 0 Å². The van der Waals surface area contributed by atoms with Crippen LogP contribution in [-0.2, 0) is 20.0 Å². The number of rotatable bonds is 3. The van der Waals surface area contributed by atoms with Crippen LogP contribution < -0.4 is 5.84 Å². The number of aryl methyl sites for hydroxylation is 1. The third kappa shape index (κ3) is 2.73. The van der Waals surface area contributed by atoms with Gasteiger partial charge in [0.15, 0.2) is 0 Å². The summed E-state index contributed by atoms with van der Waals surface area (Å²) in [5, 5.41) is 0. The second kappa shape index (κ2) is 4.74. The number of alkyl halides is 3. The van der Waals surface area contributed by atoms with Gasteiger partial charge >= 0.3 is 15.5 Å². The van der Waals surface area contributed by atoms with Crippen LogP contribution in [0.2, 0.25) is 0 Å². The van der Waals surface area contributed by atoms with Gasteiger partial charge in [-0.1, -0.05) is 18.2 Å². The Kier molecular flexibility index (Phi) is 3.96. The van der Waals surface area contributed by atoms with Gasteiger partial charge in [0, 0.05) is 0 Å². The van der Waals surface area contributed by atoms with Gasteiger partial charge in [-0.2, -0.15) is 13.2 Å². The first-order chi connectivity index (χ1) is 8.42. The minimum Gasteiger partial charge on any atom is -0.240 e. The molecule has 0 heterocycles. The molecule has 0 aliphatic rings. The van der Waals surface area contributed by atoms with E-state index in [1.165, 1.54) is 25.1 Å². The molecule has 0 saturated carbocycles. The highest BCUT2D eigenvalue weighted by Crippen LogP contribution is 2.29. The number of nitrogens with zero attached hydrogens (tertiary/aromatic N) is 1. The summed E-state index contributed by atoms with van der Waals surface area (Å²) in [4.78, 5) is -0.620. The molecule has 1 aromatic rings. The van der Waals surface area contributed by atoms with Crippen molar-refractivity contribution >= 4 is 20.0 Å². The molecule has 0 spiro atoms. The van der Waals surface area contributed by atoms with Crippen molar-refractivity contribution in [2.75, 3.05) is 0 Å². The molecule has 0 unspecified atom stereocenters. The summed E-state index contributed by atoms with van der Waals surface area (Å²) in [6, 6.07) is 4.92. The van der Waals surface area contributed by atoms with E-state index < -0.39 is 34.3 Å². The third-order valence-corrected chi connectivity index (χ3v) is 5.86. The van der Waals surface area contributed by atoms with E-state index in [1.54, 1.807) is 0 Å². The Morgan fingerprint density at radius 2 is 1.58 bits per heavy atom. The second-order valence-corrected chi connectivity index (χ2v) is 7.27. The van der Waals surface area contributed by atoms with Gasteiger partial charge < -0.3 is 0 Å². The largest absolute Gasteiger partial charge is 0.513 e. The number of hydrogen-bond donors (Lipinski definition) is 1. The predicted octanol–water partition coefficient (Wildman–Crippen LogP) is 0.709. The van der Waals surface area contributed by atoms with Crippen LogP contribution in [0.15, 0.2) is 29.2 Å². The summed E-state index contributed by atoms with van der Waals surface area (Å²) < 4.78 is 81.1. The molecule has 6 nitrogen and oxygen atoms in total. The van der Waals surface area contributed by atoms with E-state index in [9.17, 15) is 30.0 Å². The predicted molar refractivity (Wildman–Crippen MR) is 59.4 cm³/mol. The van der Waals surface area contributed by atoms with Gasteiger partial charge in [-0.25, -0.2) is 22.7 Å². The molecular weight excluding hydrogens is 309 g/mol. The lowest BCUT2D eigenvalue weighted by Gasteiger charge is -2.19. The molecule has 11 heteroatoms. The highest BCUT2D eigenvalue weighted by molar-refractivity contribution is 8.04. The van der Waals surface area contributed by atoms with E-state index >= 15 is 0 Å². The molecule has 0 aromatic heterocycles. The first-order valence-corrected chi connectivity index (χ1v) is 7.47. The number of nitrogens with two attached hydrogens (primary N) is 1. The molecule has 0 bridgehead atoms. The zero-order chi connectivity index (χ0) is 15.1. The number of hydrazine groups is 1. The lowest BCUT2D eigenvalue weighted by Crippen LogP contribution is -2.48. The SMILES string of the molecule is Cc1ccccc1S(=O)(=O)N(N)S(=O)(=O)C(F)(F)F. The zero-order valence-corrected chi connectivity index (χ0v) is 11.1. The average molecular weight is 318 g/mol. The van der Waals surface area contributed by atoms with Crippen LogP contribution in [0.1, 0.15) is 5.56 Å². The molecule has 2 N–H and O–H groups in total. The van der Waals surface area contributed by atoms with E-state index in [0.29, 0.717) is 0 Å². The molecule has 0 aliphatic heterocycles. The normalized spacial score (nSPS) is 13.8. The maximum Gasteiger partial charge on any atom is 0.513 e. The van der Waals surface area contributed by atoms with Crippen molar-refractivity contribution in [2.45, 2.75) is 17.3 Å². The third-order valence-electron chi connectivity index (χ3n) is 2.14. The van der Waals surface area contributed by atoms with Gasteiger partial charge in [0.2, 0.25) is 0 Å². The molecule has 0 radical (unpaired) electrons. The van der Waals surface area contributed by atoms with Crippen LogP contribution in [0.25, 0.3) is 0 Å². The van der Waals surface area contributed by atoms with Crippen molar-refractivity contribution in [3.8, 4) is 0 Å². The average Bonchev–Trinajstić information content (AvgIpc) is 2.26. The van der Waals surface area contributed by atoms with Crippen molar-refractivity contribution in [3.05, 3.63) is 29.8 Å². The van der Waals surface area contributed by atoms with Crippen molar-refractivity contribution in [3.63, 3.8) is 0 Å². The fraction of sp³-hybridized carbons (Fsp3) is 0.250. The second-order valence-electron chi connectivity index (χ2n) is 3.45. The standard InChI is InChI=1S/C8H9F3N2O4S2/c1-6-4-2-3-5-7(6)18(14,15)13(12)19(16,17)8(9,10)11/h2-5H,12H2,1H3. The van der Waals surface area contributed by atoms with Gasteiger partial charge in [0.05, 0.1) is 4.90 Å². The topological polar surface area (TPSA) is 97.5 Å². The van der Waals surface area contributed by atoms with Crippen LogP contribution in [0.3, 0.4) is 0 Å². The summed E-state index contributed by atoms with van der Waals surface area (Å²) in [5.41, 5.74) is -5.74. The molecular formula is C8H9F3N2O4S2. The van der Waals surface area contributed by atoms with Gasteiger partial charge in [0.1, 0.15) is 0 Å². The summed E-state index contributed by atoms with van der Waals surface area (Å²) >= 11 is 0. The Labute approximate surface area is 107 Å². The molecule has 1 rings (SSSR count). The zero-order valence-electron chi connectivity index (χ0n) is 9.42.